The van der Waals surface area contributed by atoms with Crippen LogP contribution in [0.1, 0.15) is 40.0 Å². The summed E-state index contributed by atoms with van der Waals surface area (Å²) >= 11 is 0. The Hall–Kier alpha value is -1.46. The number of likely N-dealkylation sites (tertiary alicyclic amines) is 1. The van der Waals surface area contributed by atoms with Gasteiger partial charge in [-0.15, -0.1) is 0 Å². The van der Waals surface area contributed by atoms with Crippen molar-refractivity contribution >= 4 is 12.1 Å². The van der Waals surface area contributed by atoms with Gasteiger partial charge in [0.25, 0.3) is 0 Å². The molecule has 0 atom stereocenters. The molecule has 0 saturated carbocycles. The van der Waals surface area contributed by atoms with Gasteiger partial charge in [0.1, 0.15) is 0 Å². The maximum Gasteiger partial charge on any atom is 0.410 e. The number of piperidine rings is 1. The molecule has 116 valence electrons. The fraction of sp³-hybridized carbons (Fsp3) is 0.857. The van der Waals surface area contributed by atoms with Gasteiger partial charge in [-0.05, 0) is 33.1 Å². The summed E-state index contributed by atoms with van der Waals surface area (Å²) in [5.41, 5.74) is 0. The Morgan fingerprint density at radius 3 is 2.45 bits per heavy atom. The number of ether oxygens (including phenoxy) is 1. The van der Waals surface area contributed by atoms with Crippen molar-refractivity contribution in [1.82, 2.24) is 15.1 Å². The normalized spacial score (nSPS) is 16.1. The lowest BCUT2D eigenvalue weighted by Crippen LogP contribution is -2.49. The van der Waals surface area contributed by atoms with E-state index in [0.29, 0.717) is 13.1 Å². The average Bonchev–Trinajstić information content (AvgIpc) is 2.39. The Kier molecular flexibility index (Phi) is 6.61. The van der Waals surface area contributed by atoms with Crippen molar-refractivity contribution in [3.8, 4) is 0 Å². The fourth-order valence-electron chi connectivity index (χ4n) is 2.20. The van der Waals surface area contributed by atoms with Gasteiger partial charge in [-0.3, -0.25) is 0 Å². The summed E-state index contributed by atoms with van der Waals surface area (Å²) in [5, 5.41) is 3.01. The summed E-state index contributed by atoms with van der Waals surface area (Å²) < 4.78 is 5.17. The number of nitrogens with one attached hydrogen (secondary N) is 1. The highest BCUT2D eigenvalue weighted by Crippen LogP contribution is 2.12. The molecule has 20 heavy (non-hydrogen) atoms. The third-order valence-corrected chi connectivity index (χ3v) is 3.32. The first-order valence-electron chi connectivity index (χ1n) is 7.41. The van der Waals surface area contributed by atoms with Gasteiger partial charge in [-0.1, -0.05) is 6.92 Å². The highest BCUT2D eigenvalue weighted by atomic mass is 16.6. The number of carbonyl (C=O) groups is 2. The molecule has 6 heteroatoms. The Morgan fingerprint density at radius 2 is 1.95 bits per heavy atom. The van der Waals surface area contributed by atoms with Crippen LogP contribution in [0.2, 0.25) is 0 Å². The molecule has 3 amide bonds. The summed E-state index contributed by atoms with van der Waals surface area (Å²) in [7, 11) is 1.80. The van der Waals surface area contributed by atoms with E-state index >= 15 is 0 Å². The number of carbonyl (C=O) groups excluding carboxylic acids is 2. The molecule has 0 aromatic carbocycles. The van der Waals surface area contributed by atoms with Gasteiger partial charge in [-0.2, -0.15) is 0 Å². The van der Waals surface area contributed by atoms with Crippen molar-refractivity contribution in [2.75, 3.05) is 26.7 Å². The fourth-order valence-corrected chi connectivity index (χ4v) is 2.20. The Balaban J connectivity index is 2.32. The summed E-state index contributed by atoms with van der Waals surface area (Å²) in [5.74, 6) is 0. The van der Waals surface area contributed by atoms with Crippen LogP contribution >= 0.6 is 0 Å². The van der Waals surface area contributed by atoms with Crippen molar-refractivity contribution in [3.05, 3.63) is 0 Å². The van der Waals surface area contributed by atoms with Gasteiger partial charge >= 0.3 is 12.1 Å². The van der Waals surface area contributed by atoms with E-state index in [1.54, 1.807) is 16.8 Å². The van der Waals surface area contributed by atoms with Crippen LogP contribution in [0.5, 0.6) is 0 Å². The first kappa shape index (κ1) is 16.6. The molecule has 1 N–H and O–H groups in total. The van der Waals surface area contributed by atoms with E-state index in [1.165, 1.54) is 0 Å². The molecule has 0 aliphatic carbocycles. The van der Waals surface area contributed by atoms with E-state index < -0.39 is 0 Å². The quantitative estimate of drug-likeness (QED) is 0.860. The molecule has 0 unspecified atom stereocenters. The number of hydrogen-bond donors (Lipinski definition) is 1. The zero-order valence-electron chi connectivity index (χ0n) is 13.0. The van der Waals surface area contributed by atoms with Crippen molar-refractivity contribution in [1.29, 1.82) is 0 Å². The van der Waals surface area contributed by atoms with Gasteiger partial charge in [0.2, 0.25) is 0 Å². The largest absolute Gasteiger partial charge is 0.447 e. The van der Waals surface area contributed by atoms with Gasteiger partial charge in [0.15, 0.2) is 0 Å². The Morgan fingerprint density at radius 1 is 1.35 bits per heavy atom. The maximum atomic E-state index is 11.9. The number of urea groups is 1. The minimum Gasteiger partial charge on any atom is -0.447 e. The maximum absolute atomic E-state index is 11.9. The van der Waals surface area contributed by atoms with E-state index in [9.17, 15) is 9.59 Å². The molecule has 1 heterocycles. The molecule has 6 nitrogen and oxygen atoms in total. The monoisotopic (exact) mass is 285 g/mol. The lowest BCUT2D eigenvalue weighted by molar-refractivity contribution is 0.0681. The molecule has 1 fully saturated rings. The van der Waals surface area contributed by atoms with Crippen LogP contribution in [0.3, 0.4) is 0 Å². The third-order valence-electron chi connectivity index (χ3n) is 3.32. The minimum atomic E-state index is -0.257. The average molecular weight is 285 g/mol. The molecule has 1 rings (SSSR count). The molecule has 0 aromatic rings. The Labute approximate surface area is 121 Å². The molecule has 1 aliphatic rings. The van der Waals surface area contributed by atoms with Crippen LogP contribution in [0.4, 0.5) is 9.59 Å². The van der Waals surface area contributed by atoms with Crippen LogP contribution in [0.25, 0.3) is 0 Å². The molecule has 1 aliphatic heterocycles. The van der Waals surface area contributed by atoms with Crippen LogP contribution in [0, 0.1) is 0 Å². The first-order valence-corrected chi connectivity index (χ1v) is 7.41. The molecule has 0 radical (unpaired) electrons. The second-order valence-electron chi connectivity index (χ2n) is 5.56. The van der Waals surface area contributed by atoms with Gasteiger partial charge in [-0.25, -0.2) is 9.59 Å². The van der Waals surface area contributed by atoms with E-state index in [-0.39, 0.29) is 24.3 Å². The second kappa shape index (κ2) is 7.97. The van der Waals surface area contributed by atoms with Crippen molar-refractivity contribution in [2.24, 2.45) is 0 Å². The van der Waals surface area contributed by atoms with Crippen molar-refractivity contribution < 1.29 is 14.3 Å². The minimum absolute atomic E-state index is 0.0324. The predicted molar refractivity (Wildman–Crippen MR) is 77.7 cm³/mol. The van der Waals surface area contributed by atoms with E-state index in [4.69, 9.17) is 4.74 Å². The zero-order valence-corrected chi connectivity index (χ0v) is 13.0. The first-order chi connectivity index (χ1) is 9.43. The molecule has 1 saturated heterocycles. The van der Waals surface area contributed by atoms with Crippen molar-refractivity contribution in [2.45, 2.75) is 52.2 Å². The predicted octanol–water partition coefficient (Wildman–Crippen LogP) is 2.05. The third kappa shape index (κ3) is 5.27. The van der Waals surface area contributed by atoms with Crippen LogP contribution in [-0.4, -0.2) is 60.8 Å². The topological polar surface area (TPSA) is 61.9 Å². The molecule has 0 bridgehead atoms. The molecular weight excluding hydrogens is 258 g/mol. The number of rotatable bonds is 4. The highest BCUT2D eigenvalue weighted by molar-refractivity contribution is 5.74. The standard InChI is InChI=1S/C14H27N3O3/c1-5-8-16(4)13(18)15-12-6-9-17(10-7-12)14(19)20-11(2)3/h11-12H,5-10H2,1-4H3,(H,15,18). The van der Waals surface area contributed by atoms with Gasteiger partial charge in [0, 0.05) is 32.7 Å². The lowest BCUT2D eigenvalue weighted by atomic mass is 10.1. The molecule has 0 spiro atoms. The second-order valence-corrected chi connectivity index (χ2v) is 5.56. The van der Waals surface area contributed by atoms with E-state index in [2.05, 4.69) is 5.32 Å². The Bertz CT molecular complexity index is 326. The van der Waals surface area contributed by atoms with Gasteiger partial charge in [0.05, 0.1) is 6.10 Å². The molecule has 0 aromatic heterocycles. The smallest absolute Gasteiger partial charge is 0.410 e. The summed E-state index contributed by atoms with van der Waals surface area (Å²) in [6.07, 6.45) is 2.15. The van der Waals surface area contributed by atoms with E-state index in [0.717, 1.165) is 25.8 Å². The summed E-state index contributed by atoms with van der Waals surface area (Å²) in [6, 6.07) is 0.111. The van der Waals surface area contributed by atoms with Crippen molar-refractivity contribution in [3.63, 3.8) is 0 Å². The van der Waals surface area contributed by atoms with Gasteiger partial charge < -0.3 is 19.9 Å². The number of amides is 3. The summed E-state index contributed by atoms with van der Waals surface area (Å²) in [6.45, 7) is 7.75. The zero-order chi connectivity index (χ0) is 15.1. The highest BCUT2D eigenvalue weighted by Gasteiger charge is 2.25. The van der Waals surface area contributed by atoms with Crippen LogP contribution in [0.15, 0.2) is 0 Å². The van der Waals surface area contributed by atoms with E-state index in [1.807, 2.05) is 20.8 Å². The van der Waals surface area contributed by atoms with Crippen LogP contribution in [-0.2, 0) is 4.74 Å². The van der Waals surface area contributed by atoms with Crippen LogP contribution < -0.4 is 5.32 Å². The SMILES string of the molecule is CCCN(C)C(=O)NC1CCN(C(=O)OC(C)C)CC1. The number of hydrogen-bond acceptors (Lipinski definition) is 3. The number of nitrogens with zero attached hydrogens (tertiary/aromatic N) is 2. The lowest BCUT2D eigenvalue weighted by Gasteiger charge is -2.33. The molecular formula is C14H27N3O3. The summed E-state index contributed by atoms with van der Waals surface area (Å²) in [4.78, 5) is 27.0.